The van der Waals surface area contributed by atoms with Crippen LogP contribution in [0.1, 0.15) is 68.7 Å². The van der Waals surface area contributed by atoms with Crippen molar-refractivity contribution in [2.24, 2.45) is 5.92 Å². The van der Waals surface area contributed by atoms with Gasteiger partial charge in [-0.05, 0) is 63.5 Å². The molecule has 0 aromatic heterocycles. The molecule has 2 aliphatic rings. The molecule has 1 aliphatic carbocycles. The number of hydrogen-bond acceptors (Lipinski definition) is 5. The van der Waals surface area contributed by atoms with Crippen molar-refractivity contribution in [3.63, 3.8) is 0 Å². The van der Waals surface area contributed by atoms with Crippen molar-refractivity contribution in [1.29, 1.82) is 0 Å². The second-order valence-corrected chi connectivity index (χ2v) is 22.8. The maximum absolute atomic E-state index is 13.3. The van der Waals surface area contributed by atoms with Gasteiger partial charge in [0.05, 0.1) is 24.2 Å². The van der Waals surface area contributed by atoms with Crippen molar-refractivity contribution >= 4 is 28.6 Å². The predicted octanol–water partition coefficient (Wildman–Crippen LogP) is 5.93. The summed E-state index contributed by atoms with van der Waals surface area (Å²) in [5.74, 6) is -0.542. The predicted molar refractivity (Wildman–Crippen MR) is 129 cm³/mol. The Balaban J connectivity index is 2.41. The van der Waals surface area contributed by atoms with Crippen LogP contribution in [0.15, 0.2) is 0 Å². The highest BCUT2D eigenvalue weighted by Crippen LogP contribution is 2.49. The minimum absolute atomic E-state index is 0.0110. The van der Waals surface area contributed by atoms with Gasteiger partial charge in [-0.2, -0.15) is 0 Å². The summed E-state index contributed by atoms with van der Waals surface area (Å²) in [4.78, 5) is 27.5. The first-order chi connectivity index (χ1) is 13.6. The molecule has 2 amide bonds. The quantitative estimate of drug-likeness (QED) is 0.475. The normalized spacial score (nSPS) is 27.8. The molecule has 180 valence electrons. The van der Waals surface area contributed by atoms with E-state index in [1.807, 2.05) is 20.8 Å². The fraction of sp³-hybridized carbons (Fsp3) is 0.913. The van der Waals surface area contributed by atoms with Gasteiger partial charge in [0, 0.05) is 0 Å². The smallest absolute Gasteiger partial charge is 0.417 e. The topological polar surface area (TPSA) is 65.1 Å². The van der Waals surface area contributed by atoms with Gasteiger partial charge in [-0.1, -0.05) is 41.5 Å². The van der Waals surface area contributed by atoms with E-state index in [0.717, 1.165) is 0 Å². The van der Waals surface area contributed by atoms with E-state index in [4.69, 9.17) is 13.6 Å². The molecule has 31 heavy (non-hydrogen) atoms. The van der Waals surface area contributed by atoms with E-state index < -0.39 is 28.3 Å². The number of rotatable bonds is 4. The van der Waals surface area contributed by atoms with E-state index in [2.05, 4.69) is 67.7 Å². The van der Waals surface area contributed by atoms with Gasteiger partial charge in [-0.25, -0.2) is 9.69 Å². The van der Waals surface area contributed by atoms with E-state index in [1.165, 1.54) is 4.90 Å². The summed E-state index contributed by atoms with van der Waals surface area (Å²) >= 11 is 0. The number of likely N-dealkylation sites (tertiary alicyclic amines) is 1. The Morgan fingerprint density at radius 2 is 1.26 bits per heavy atom. The molecule has 1 saturated heterocycles. The van der Waals surface area contributed by atoms with Crippen LogP contribution in [0.2, 0.25) is 36.3 Å². The van der Waals surface area contributed by atoms with Gasteiger partial charge in [0.25, 0.3) is 0 Å². The summed E-state index contributed by atoms with van der Waals surface area (Å²) in [6.45, 7) is 27.5. The van der Waals surface area contributed by atoms with Crippen molar-refractivity contribution in [3.8, 4) is 0 Å². The van der Waals surface area contributed by atoms with Crippen LogP contribution in [0.4, 0.5) is 4.79 Å². The second kappa shape index (κ2) is 7.96. The maximum Gasteiger partial charge on any atom is 0.417 e. The first-order valence-corrected chi connectivity index (χ1v) is 17.3. The maximum atomic E-state index is 13.3. The molecule has 0 aromatic carbocycles. The number of fused-ring (bicyclic) bond motifs is 2. The highest BCUT2D eigenvalue weighted by Gasteiger charge is 2.63. The third-order valence-corrected chi connectivity index (χ3v) is 16.5. The molecule has 1 aliphatic heterocycles. The van der Waals surface area contributed by atoms with Crippen molar-refractivity contribution in [2.45, 2.75) is 129 Å². The van der Waals surface area contributed by atoms with Crippen LogP contribution in [0.3, 0.4) is 0 Å². The number of carbonyl (C=O) groups excluding carboxylic acids is 2. The zero-order chi connectivity index (χ0) is 24.4. The van der Waals surface area contributed by atoms with Gasteiger partial charge in [0.1, 0.15) is 5.60 Å². The van der Waals surface area contributed by atoms with Gasteiger partial charge in [-0.15, -0.1) is 0 Å². The second-order valence-electron chi connectivity index (χ2n) is 13.3. The Hall–Kier alpha value is -0.706. The SMILES string of the molecule is CC(C)(C)OC(=O)N1C(=O)[C@@H]2C[C@H]1[C@H](O[Si](C)(C)C(C)(C)C)[C@@H]2O[Si](C)(C)C(C)(C)C. The molecule has 2 fully saturated rings. The van der Waals surface area contributed by atoms with Crippen LogP contribution in [0, 0.1) is 5.92 Å². The minimum Gasteiger partial charge on any atom is -0.443 e. The number of amides is 2. The molecule has 1 saturated carbocycles. The number of hydrogen-bond donors (Lipinski definition) is 0. The molecule has 1 heterocycles. The van der Waals surface area contributed by atoms with Crippen LogP contribution in [-0.2, 0) is 18.4 Å². The lowest BCUT2D eigenvalue weighted by molar-refractivity contribution is -0.142. The lowest BCUT2D eigenvalue weighted by Crippen LogP contribution is -2.61. The molecular weight excluding hydrogens is 426 g/mol. The van der Waals surface area contributed by atoms with Crippen LogP contribution < -0.4 is 0 Å². The summed E-state index contributed by atoms with van der Waals surface area (Å²) < 4.78 is 19.2. The molecule has 2 rings (SSSR count). The fourth-order valence-electron chi connectivity index (χ4n) is 3.68. The van der Waals surface area contributed by atoms with Crippen LogP contribution >= 0.6 is 0 Å². The molecule has 0 unspecified atom stereocenters. The van der Waals surface area contributed by atoms with Gasteiger partial charge in [-0.3, -0.25) is 4.79 Å². The molecule has 4 atom stereocenters. The first-order valence-electron chi connectivity index (χ1n) is 11.5. The van der Waals surface area contributed by atoms with Crippen LogP contribution in [-0.4, -0.2) is 57.4 Å². The summed E-state index contributed by atoms with van der Waals surface area (Å²) in [6, 6.07) is -0.337. The molecule has 0 aromatic rings. The highest BCUT2D eigenvalue weighted by atomic mass is 28.4. The number of nitrogens with zero attached hydrogens (tertiary/aromatic N) is 1. The zero-order valence-electron chi connectivity index (χ0n) is 22.0. The van der Waals surface area contributed by atoms with E-state index in [0.29, 0.717) is 6.42 Å². The Morgan fingerprint density at radius 1 is 0.839 bits per heavy atom. The monoisotopic (exact) mass is 471 g/mol. The summed E-state index contributed by atoms with van der Waals surface area (Å²) in [6.07, 6.45) is -0.618. The van der Waals surface area contributed by atoms with Crippen molar-refractivity contribution in [2.75, 3.05) is 0 Å². The van der Waals surface area contributed by atoms with Gasteiger partial charge < -0.3 is 13.6 Å². The summed E-state index contributed by atoms with van der Waals surface area (Å²) in [5, 5.41) is 0.0291. The number of imide groups is 1. The first kappa shape index (κ1) is 26.5. The van der Waals surface area contributed by atoms with Gasteiger partial charge in [0.15, 0.2) is 16.6 Å². The average Bonchev–Trinajstić information content (AvgIpc) is 2.98. The van der Waals surface area contributed by atoms with Gasteiger partial charge >= 0.3 is 6.09 Å². The highest BCUT2D eigenvalue weighted by molar-refractivity contribution is 6.74. The Kier molecular flexibility index (Phi) is 6.81. The zero-order valence-corrected chi connectivity index (χ0v) is 24.0. The standard InChI is InChI=1S/C23H45NO5Si2/c1-21(2,3)27-20(26)24-16-14-15(19(24)25)17(28-30(10,11)22(4,5)6)18(16)29-31(12,13)23(7,8)9/h15-18H,14H2,1-13H3/t15-,16+,17-,18+/m1/s1. The molecule has 8 heteroatoms. The molecular formula is C23H45NO5Si2. The summed E-state index contributed by atoms with van der Waals surface area (Å²) in [7, 11) is -4.30. The number of piperidine rings is 1. The Morgan fingerprint density at radius 3 is 1.65 bits per heavy atom. The average molecular weight is 472 g/mol. The van der Waals surface area contributed by atoms with Crippen molar-refractivity contribution < 1.29 is 23.2 Å². The third-order valence-electron chi connectivity index (χ3n) is 7.55. The van der Waals surface area contributed by atoms with E-state index in [1.54, 1.807) is 0 Å². The minimum atomic E-state index is -2.16. The lowest BCUT2D eigenvalue weighted by Gasteiger charge is -2.47. The number of carbonyl (C=O) groups is 2. The van der Waals surface area contributed by atoms with E-state index in [-0.39, 0.29) is 40.2 Å². The third kappa shape index (κ3) is 5.28. The van der Waals surface area contributed by atoms with E-state index >= 15 is 0 Å². The fourth-order valence-corrected chi connectivity index (χ4v) is 6.33. The lowest BCUT2D eigenvalue weighted by atomic mass is 10.0. The van der Waals surface area contributed by atoms with Crippen LogP contribution in [0.25, 0.3) is 0 Å². The van der Waals surface area contributed by atoms with Crippen molar-refractivity contribution in [3.05, 3.63) is 0 Å². The molecule has 0 N–H and O–H groups in total. The molecule has 0 spiro atoms. The Bertz CT molecular complexity index is 715. The molecule has 6 nitrogen and oxygen atoms in total. The summed E-state index contributed by atoms with van der Waals surface area (Å²) in [5.41, 5.74) is -0.661. The van der Waals surface area contributed by atoms with Crippen molar-refractivity contribution in [1.82, 2.24) is 4.90 Å². The largest absolute Gasteiger partial charge is 0.443 e. The van der Waals surface area contributed by atoms with Gasteiger partial charge in [0.2, 0.25) is 5.91 Å². The Labute approximate surface area is 191 Å². The van der Waals surface area contributed by atoms with E-state index in [9.17, 15) is 9.59 Å². The number of ether oxygens (including phenoxy) is 1. The molecule has 2 bridgehead atoms. The molecule has 0 radical (unpaired) electrons. The van der Waals surface area contributed by atoms with Crippen LogP contribution in [0.5, 0.6) is 0 Å².